The van der Waals surface area contributed by atoms with E-state index in [2.05, 4.69) is 5.32 Å². The van der Waals surface area contributed by atoms with Gasteiger partial charge in [0.2, 0.25) is 5.91 Å². The summed E-state index contributed by atoms with van der Waals surface area (Å²) < 4.78 is 0. The first kappa shape index (κ1) is 18.1. The molecule has 0 saturated carbocycles. The van der Waals surface area contributed by atoms with Gasteiger partial charge in [0.1, 0.15) is 0 Å². The van der Waals surface area contributed by atoms with Gasteiger partial charge in [-0.25, -0.2) is 0 Å². The summed E-state index contributed by atoms with van der Waals surface area (Å²) in [6, 6.07) is 23.9. The van der Waals surface area contributed by atoms with Gasteiger partial charge in [-0.15, -0.1) is 0 Å². The van der Waals surface area contributed by atoms with Crippen molar-refractivity contribution in [3.05, 3.63) is 112 Å². The van der Waals surface area contributed by atoms with Crippen LogP contribution in [0.3, 0.4) is 0 Å². The molecule has 0 bridgehead atoms. The molecule has 0 unspecified atom stereocenters. The van der Waals surface area contributed by atoms with Gasteiger partial charge in [-0.05, 0) is 35.8 Å². The third kappa shape index (κ3) is 4.89. The van der Waals surface area contributed by atoms with Crippen LogP contribution in [0.1, 0.15) is 16.7 Å². The van der Waals surface area contributed by atoms with Crippen LogP contribution in [0.25, 0.3) is 6.08 Å². The van der Waals surface area contributed by atoms with Crippen molar-refractivity contribution in [2.75, 3.05) is 5.32 Å². The normalized spacial score (nSPS) is 10.7. The van der Waals surface area contributed by atoms with Crippen LogP contribution in [0.4, 0.5) is 11.4 Å². The molecule has 134 valence electrons. The van der Waals surface area contributed by atoms with Gasteiger partial charge in [0.05, 0.1) is 10.5 Å². The fraction of sp³-hybridized carbons (Fsp3) is 0.0455. The topological polar surface area (TPSA) is 72.2 Å². The molecule has 3 rings (SSSR count). The van der Waals surface area contributed by atoms with Gasteiger partial charge in [-0.2, -0.15) is 0 Å². The lowest BCUT2D eigenvalue weighted by Gasteiger charge is -2.10. The number of amides is 1. The second-order valence-electron chi connectivity index (χ2n) is 5.96. The van der Waals surface area contributed by atoms with Gasteiger partial charge >= 0.3 is 0 Å². The number of rotatable bonds is 6. The highest BCUT2D eigenvalue weighted by molar-refractivity contribution is 6.02. The predicted molar refractivity (Wildman–Crippen MR) is 106 cm³/mol. The second-order valence-corrected chi connectivity index (χ2v) is 5.96. The molecule has 1 amide bonds. The molecule has 0 aliphatic heterocycles. The maximum atomic E-state index is 12.3. The largest absolute Gasteiger partial charge is 0.322 e. The van der Waals surface area contributed by atoms with Crippen LogP contribution in [-0.4, -0.2) is 10.8 Å². The molecule has 0 heterocycles. The molecule has 3 aromatic rings. The van der Waals surface area contributed by atoms with E-state index in [1.54, 1.807) is 18.2 Å². The maximum absolute atomic E-state index is 12.3. The van der Waals surface area contributed by atoms with Gasteiger partial charge in [0, 0.05) is 17.8 Å². The number of nitro benzene ring substituents is 1. The third-order valence-corrected chi connectivity index (χ3v) is 4.06. The lowest BCUT2D eigenvalue weighted by molar-refractivity contribution is -0.385. The molecular weight excluding hydrogens is 340 g/mol. The highest BCUT2D eigenvalue weighted by Crippen LogP contribution is 2.21. The molecule has 0 atom stereocenters. The Kier molecular flexibility index (Phi) is 5.74. The van der Waals surface area contributed by atoms with E-state index >= 15 is 0 Å². The molecule has 0 spiro atoms. The van der Waals surface area contributed by atoms with E-state index < -0.39 is 4.92 Å². The summed E-state index contributed by atoms with van der Waals surface area (Å²) in [6.45, 7) is 0. The highest BCUT2D eigenvalue weighted by Gasteiger charge is 2.10. The van der Waals surface area contributed by atoms with Crippen molar-refractivity contribution in [2.24, 2.45) is 0 Å². The molecule has 27 heavy (non-hydrogen) atoms. The van der Waals surface area contributed by atoms with Crippen LogP contribution < -0.4 is 5.32 Å². The smallest absolute Gasteiger partial charge is 0.276 e. The molecule has 1 N–H and O–H groups in total. The van der Waals surface area contributed by atoms with Crippen molar-refractivity contribution in [1.29, 1.82) is 0 Å². The van der Waals surface area contributed by atoms with Crippen molar-refractivity contribution < 1.29 is 9.72 Å². The van der Waals surface area contributed by atoms with Gasteiger partial charge in [0.15, 0.2) is 0 Å². The van der Waals surface area contributed by atoms with Crippen molar-refractivity contribution in [3.63, 3.8) is 0 Å². The third-order valence-electron chi connectivity index (χ3n) is 4.06. The number of nitro groups is 1. The molecule has 0 aliphatic carbocycles. The minimum atomic E-state index is -0.466. The highest BCUT2D eigenvalue weighted by atomic mass is 16.6. The molecule has 0 aliphatic rings. The summed E-state index contributed by atoms with van der Waals surface area (Å²) in [5, 5.41) is 13.9. The minimum absolute atomic E-state index is 0.0361. The lowest BCUT2D eigenvalue weighted by atomic mass is 10.0. The summed E-state index contributed by atoms with van der Waals surface area (Å²) in [7, 11) is 0. The number of anilines is 1. The van der Waals surface area contributed by atoms with E-state index in [1.807, 2.05) is 54.6 Å². The molecule has 0 aromatic heterocycles. The van der Waals surface area contributed by atoms with E-state index in [1.165, 1.54) is 18.2 Å². The Bertz CT molecular complexity index is 982. The second kappa shape index (κ2) is 8.58. The Morgan fingerprint density at radius 3 is 2.37 bits per heavy atom. The average Bonchev–Trinajstić information content (AvgIpc) is 2.69. The fourth-order valence-corrected chi connectivity index (χ4v) is 2.75. The standard InChI is InChI=1S/C22H18N2O3/c25-22(15-14-18-10-5-7-13-21(18)24(26)27)23-20-12-6-4-11-19(20)16-17-8-2-1-3-9-17/h1-15H,16H2,(H,23,25). The van der Waals surface area contributed by atoms with Crippen LogP contribution in [0.15, 0.2) is 84.9 Å². The monoisotopic (exact) mass is 358 g/mol. The quantitative estimate of drug-likeness (QED) is 0.389. The Hall–Kier alpha value is -3.73. The SMILES string of the molecule is O=C(C=Cc1ccccc1[N+](=O)[O-])Nc1ccccc1Cc1ccccc1. The van der Waals surface area contributed by atoms with Crippen LogP contribution in [0.5, 0.6) is 0 Å². The van der Waals surface area contributed by atoms with Crippen molar-refractivity contribution >= 4 is 23.4 Å². The minimum Gasteiger partial charge on any atom is -0.322 e. The molecule has 0 saturated heterocycles. The zero-order valence-electron chi connectivity index (χ0n) is 14.5. The number of hydrogen-bond acceptors (Lipinski definition) is 3. The van der Waals surface area contributed by atoms with Crippen molar-refractivity contribution in [3.8, 4) is 0 Å². The van der Waals surface area contributed by atoms with E-state index in [0.29, 0.717) is 12.0 Å². The molecule has 0 fully saturated rings. The van der Waals surface area contributed by atoms with E-state index in [0.717, 1.165) is 16.8 Å². The molecule has 5 heteroatoms. The molecule has 0 radical (unpaired) electrons. The van der Waals surface area contributed by atoms with Crippen LogP contribution in [0.2, 0.25) is 0 Å². The molecular formula is C22H18N2O3. The van der Waals surface area contributed by atoms with Crippen LogP contribution in [0, 0.1) is 10.1 Å². The zero-order chi connectivity index (χ0) is 19.1. The van der Waals surface area contributed by atoms with E-state index in [4.69, 9.17) is 0 Å². The Morgan fingerprint density at radius 2 is 1.59 bits per heavy atom. The van der Waals surface area contributed by atoms with Gasteiger partial charge in [0.25, 0.3) is 5.69 Å². The van der Waals surface area contributed by atoms with E-state index in [9.17, 15) is 14.9 Å². The first-order chi connectivity index (χ1) is 13.1. The molecule has 5 nitrogen and oxygen atoms in total. The maximum Gasteiger partial charge on any atom is 0.276 e. The predicted octanol–water partition coefficient (Wildman–Crippen LogP) is 4.84. The summed E-state index contributed by atoms with van der Waals surface area (Å²) in [5.41, 5.74) is 3.21. The number of nitrogens with one attached hydrogen (secondary N) is 1. The lowest BCUT2D eigenvalue weighted by Crippen LogP contribution is -2.10. The first-order valence-corrected chi connectivity index (χ1v) is 8.48. The van der Waals surface area contributed by atoms with E-state index in [-0.39, 0.29) is 11.6 Å². The van der Waals surface area contributed by atoms with Gasteiger partial charge < -0.3 is 5.32 Å². The Balaban J connectivity index is 1.74. The first-order valence-electron chi connectivity index (χ1n) is 8.48. The fourth-order valence-electron chi connectivity index (χ4n) is 2.75. The van der Waals surface area contributed by atoms with Gasteiger partial charge in [-0.3, -0.25) is 14.9 Å². The summed E-state index contributed by atoms with van der Waals surface area (Å²) in [4.78, 5) is 22.9. The number of carbonyl (C=O) groups is 1. The number of benzene rings is 3. The number of para-hydroxylation sites is 2. The Labute approximate surface area is 157 Å². The zero-order valence-corrected chi connectivity index (χ0v) is 14.5. The van der Waals surface area contributed by atoms with Crippen molar-refractivity contribution in [2.45, 2.75) is 6.42 Å². The number of carbonyl (C=O) groups excluding carboxylic acids is 1. The summed E-state index contributed by atoms with van der Waals surface area (Å²) >= 11 is 0. The van der Waals surface area contributed by atoms with Crippen molar-refractivity contribution in [1.82, 2.24) is 0 Å². The summed E-state index contributed by atoms with van der Waals surface area (Å²) in [5.74, 6) is -0.339. The van der Waals surface area contributed by atoms with Crippen LogP contribution >= 0.6 is 0 Å². The number of hydrogen-bond donors (Lipinski definition) is 1. The number of nitrogens with zero attached hydrogens (tertiary/aromatic N) is 1. The van der Waals surface area contributed by atoms with Gasteiger partial charge in [-0.1, -0.05) is 60.7 Å². The Morgan fingerprint density at radius 1 is 0.926 bits per heavy atom. The average molecular weight is 358 g/mol. The van der Waals surface area contributed by atoms with Crippen LogP contribution in [-0.2, 0) is 11.2 Å². The summed E-state index contributed by atoms with van der Waals surface area (Å²) in [6.07, 6.45) is 3.46. The molecule has 3 aromatic carbocycles.